The van der Waals surface area contributed by atoms with E-state index in [2.05, 4.69) is 15.9 Å². The van der Waals surface area contributed by atoms with Gasteiger partial charge < -0.3 is 10.8 Å². The molecular formula is C8H5BrN2O2. The lowest BCUT2D eigenvalue weighted by atomic mass is 10.1. The molecule has 1 aromatic carbocycles. The summed E-state index contributed by atoms with van der Waals surface area (Å²) in [7, 11) is 0. The van der Waals surface area contributed by atoms with E-state index >= 15 is 0 Å². The van der Waals surface area contributed by atoms with Gasteiger partial charge in [-0.15, -0.1) is 0 Å². The molecule has 0 radical (unpaired) electrons. The molecule has 0 saturated carbocycles. The second-order valence-corrected chi connectivity index (χ2v) is 3.25. The van der Waals surface area contributed by atoms with Crippen molar-refractivity contribution >= 4 is 27.6 Å². The zero-order chi connectivity index (χ0) is 10.0. The number of nitriles is 1. The summed E-state index contributed by atoms with van der Waals surface area (Å²) < 4.78 is 0.524. The fourth-order valence-corrected chi connectivity index (χ4v) is 1.35. The molecule has 0 unspecified atom stereocenters. The molecule has 13 heavy (non-hydrogen) atoms. The lowest BCUT2D eigenvalue weighted by Gasteiger charge is -2.02. The maximum atomic E-state index is 10.6. The van der Waals surface area contributed by atoms with E-state index < -0.39 is 5.97 Å². The molecular weight excluding hydrogens is 236 g/mol. The molecule has 0 amide bonds. The van der Waals surface area contributed by atoms with Gasteiger partial charge in [0.05, 0.1) is 16.8 Å². The average Bonchev–Trinajstić information content (AvgIpc) is 2.08. The van der Waals surface area contributed by atoms with E-state index in [4.69, 9.17) is 16.1 Å². The molecule has 0 fully saturated rings. The molecule has 1 aromatic rings. The maximum Gasteiger partial charge on any atom is 0.337 e. The fourth-order valence-electron chi connectivity index (χ4n) is 0.887. The lowest BCUT2D eigenvalue weighted by Crippen LogP contribution is -2.04. The largest absolute Gasteiger partial charge is 0.478 e. The molecule has 0 aliphatic heterocycles. The van der Waals surface area contributed by atoms with Gasteiger partial charge in [-0.3, -0.25) is 0 Å². The van der Waals surface area contributed by atoms with E-state index in [0.29, 0.717) is 4.47 Å². The first-order valence-electron chi connectivity index (χ1n) is 3.28. The minimum absolute atomic E-state index is 0.00167. The van der Waals surface area contributed by atoms with Gasteiger partial charge in [0.25, 0.3) is 0 Å². The highest BCUT2D eigenvalue weighted by atomic mass is 79.9. The molecule has 0 bridgehead atoms. The number of aromatic carboxylic acids is 1. The molecule has 0 saturated heterocycles. The fraction of sp³-hybridized carbons (Fsp3) is 0. The van der Waals surface area contributed by atoms with E-state index in [1.807, 2.05) is 6.07 Å². The van der Waals surface area contributed by atoms with Gasteiger partial charge in [0.2, 0.25) is 0 Å². The number of nitrogen functional groups attached to an aromatic ring is 1. The SMILES string of the molecule is N#Cc1cc(Br)cc(C(=O)O)c1N. The van der Waals surface area contributed by atoms with Gasteiger partial charge in [-0.2, -0.15) is 5.26 Å². The van der Waals surface area contributed by atoms with Crippen LogP contribution in [0.5, 0.6) is 0 Å². The van der Waals surface area contributed by atoms with Crippen molar-refractivity contribution in [1.29, 1.82) is 5.26 Å². The van der Waals surface area contributed by atoms with Crippen LogP contribution in [0.3, 0.4) is 0 Å². The van der Waals surface area contributed by atoms with Crippen molar-refractivity contribution < 1.29 is 9.90 Å². The average molecular weight is 241 g/mol. The van der Waals surface area contributed by atoms with E-state index in [1.54, 1.807) is 0 Å². The highest BCUT2D eigenvalue weighted by Crippen LogP contribution is 2.22. The zero-order valence-corrected chi connectivity index (χ0v) is 8.00. The van der Waals surface area contributed by atoms with Crippen LogP contribution in [-0.2, 0) is 0 Å². The summed E-state index contributed by atoms with van der Waals surface area (Å²) in [6.45, 7) is 0. The topological polar surface area (TPSA) is 87.1 Å². The van der Waals surface area contributed by atoms with Crippen LogP contribution in [0.4, 0.5) is 5.69 Å². The molecule has 1 rings (SSSR count). The van der Waals surface area contributed by atoms with Crippen LogP contribution >= 0.6 is 15.9 Å². The minimum atomic E-state index is -1.14. The van der Waals surface area contributed by atoms with Crippen molar-refractivity contribution in [3.63, 3.8) is 0 Å². The second kappa shape index (κ2) is 3.46. The third kappa shape index (κ3) is 1.79. The van der Waals surface area contributed by atoms with Gasteiger partial charge in [-0.1, -0.05) is 15.9 Å². The first kappa shape index (κ1) is 9.55. The van der Waals surface area contributed by atoms with Gasteiger partial charge >= 0.3 is 5.97 Å². The summed E-state index contributed by atoms with van der Waals surface area (Å²) in [6, 6.07) is 4.65. The molecule has 5 heteroatoms. The Hall–Kier alpha value is -1.54. The summed E-state index contributed by atoms with van der Waals surface area (Å²) in [5, 5.41) is 17.3. The Bertz CT molecular complexity index is 409. The van der Waals surface area contributed by atoms with Gasteiger partial charge in [0, 0.05) is 4.47 Å². The van der Waals surface area contributed by atoms with E-state index in [1.165, 1.54) is 12.1 Å². The van der Waals surface area contributed by atoms with Crippen molar-refractivity contribution in [2.45, 2.75) is 0 Å². The van der Waals surface area contributed by atoms with Crippen LogP contribution in [-0.4, -0.2) is 11.1 Å². The lowest BCUT2D eigenvalue weighted by molar-refractivity contribution is 0.0698. The molecule has 0 spiro atoms. The number of benzene rings is 1. The summed E-state index contributed by atoms with van der Waals surface area (Å²) in [5.41, 5.74) is 5.53. The van der Waals surface area contributed by atoms with Gasteiger partial charge in [0.15, 0.2) is 0 Å². The third-order valence-corrected chi connectivity index (χ3v) is 1.95. The highest BCUT2D eigenvalue weighted by Gasteiger charge is 2.12. The number of anilines is 1. The van der Waals surface area contributed by atoms with Crippen LogP contribution < -0.4 is 5.73 Å². The maximum absolute atomic E-state index is 10.6. The first-order valence-corrected chi connectivity index (χ1v) is 4.08. The molecule has 0 aliphatic rings. The van der Waals surface area contributed by atoms with E-state index in [9.17, 15) is 4.79 Å². The van der Waals surface area contributed by atoms with Gasteiger partial charge in [0.1, 0.15) is 6.07 Å². The Labute approximate surface area is 82.7 Å². The Morgan fingerprint density at radius 2 is 2.23 bits per heavy atom. The monoisotopic (exact) mass is 240 g/mol. The highest BCUT2D eigenvalue weighted by molar-refractivity contribution is 9.10. The summed E-state index contributed by atoms with van der Waals surface area (Å²) in [5.74, 6) is -1.14. The van der Waals surface area contributed by atoms with Crippen molar-refractivity contribution in [2.75, 3.05) is 5.73 Å². The first-order chi connectivity index (χ1) is 6.06. The standard InChI is InChI=1S/C8H5BrN2O2/c9-5-1-4(3-10)7(11)6(2-5)8(12)13/h1-2H,11H2,(H,12,13). The number of carboxylic acids is 1. The summed E-state index contributed by atoms with van der Waals surface area (Å²) in [6.07, 6.45) is 0. The number of carbonyl (C=O) groups is 1. The number of nitrogens with zero attached hydrogens (tertiary/aromatic N) is 1. The number of nitrogens with two attached hydrogens (primary N) is 1. The van der Waals surface area contributed by atoms with Crippen LogP contribution in [0, 0.1) is 11.3 Å². The summed E-state index contributed by atoms with van der Waals surface area (Å²) in [4.78, 5) is 10.6. The van der Waals surface area contributed by atoms with E-state index in [-0.39, 0.29) is 16.8 Å². The normalized spacial score (nSPS) is 9.23. The Morgan fingerprint density at radius 3 is 2.69 bits per heavy atom. The van der Waals surface area contributed by atoms with Crippen molar-refractivity contribution in [3.05, 3.63) is 27.7 Å². The predicted octanol–water partition coefficient (Wildman–Crippen LogP) is 1.60. The van der Waals surface area contributed by atoms with E-state index in [0.717, 1.165) is 0 Å². The summed E-state index contributed by atoms with van der Waals surface area (Å²) >= 11 is 3.09. The van der Waals surface area contributed by atoms with Crippen molar-refractivity contribution in [1.82, 2.24) is 0 Å². The van der Waals surface area contributed by atoms with Crippen LogP contribution in [0.2, 0.25) is 0 Å². The molecule has 66 valence electrons. The number of halogens is 1. The second-order valence-electron chi connectivity index (χ2n) is 2.33. The predicted molar refractivity (Wildman–Crippen MR) is 50.2 cm³/mol. The Balaban J connectivity index is 3.47. The minimum Gasteiger partial charge on any atom is -0.478 e. The molecule has 0 heterocycles. The van der Waals surface area contributed by atoms with Crippen LogP contribution in [0.1, 0.15) is 15.9 Å². The van der Waals surface area contributed by atoms with Crippen LogP contribution in [0.15, 0.2) is 16.6 Å². The number of carboxylic acid groups (broad SMARTS) is 1. The molecule has 0 atom stereocenters. The molecule has 0 aliphatic carbocycles. The van der Waals surface area contributed by atoms with Crippen LogP contribution in [0.25, 0.3) is 0 Å². The van der Waals surface area contributed by atoms with Gasteiger partial charge in [-0.05, 0) is 12.1 Å². The molecule has 4 nitrogen and oxygen atoms in total. The molecule has 0 aromatic heterocycles. The van der Waals surface area contributed by atoms with Gasteiger partial charge in [-0.25, -0.2) is 4.79 Å². The number of hydrogen-bond donors (Lipinski definition) is 2. The Morgan fingerprint density at radius 1 is 1.62 bits per heavy atom. The smallest absolute Gasteiger partial charge is 0.337 e. The van der Waals surface area contributed by atoms with Crippen molar-refractivity contribution in [2.24, 2.45) is 0 Å². The Kier molecular flexibility index (Phi) is 2.54. The number of rotatable bonds is 1. The zero-order valence-electron chi connectivity index (χ0n) is 6.41. The number of hydrogen-bond acceptors (Lipinski definition) is 3. The quantitative estimate of drug-likeness (QED) is 0.731. The third-order valence-electron chi connectivity index (χ3n) is 1.50. The van der Waals surface area contributed by atoms with Crippen molar-refractivity contribution in [3.8, 4) is 6.07 Å². The molecule has 3 N–H and O–H groups in total.